The molecular weight excluding hydrogens is 128 g/mol. The van der Waals surface area contributed by atoms with Crippen LogP contribution in [0.25, 0.3) is 0 Å². The Kier molecular flexibility index (Phi) is 1.25. The van der Waals surface area contributed by atoms with Crippen LogP contribution in [-0.4, -0.2) is 17.2 Å². The summed E-state index contributed by atoms with van der Waals surface area (Å²) in [6.07, 6.45) is 0.113. The lowest BCUT2D eigenvalue weighted by Crippen LogP contribution is -2.04. The number of thiol groups is 1. The second kappa shape index (κ2) is 1.78. The highest BCUT2D eigenvalue weighted by molar-refractivity contribution is 7.81. The molecule has 0 spiro atoms. The number of carbonyl (C=O) groups is 2. The molecule has 0 aromatic rings. The van der Waals surface area contributed by atoms with E-state index < -0.39 is 17.2 Å². The quantitative estimate of drug-likeness (QED) is 0.281. The molecule has 3 nitrogen and oxygen atoms in total. The fourth-order valence-corrected chi connectivity index (χ4v) is 0.665. The fraction of sp³-hybridized carbons (Fsp3) is 0.500. The minimum absolute atomic E-state index is 0.113. The summed E-state index contributed by atoms with van der Waals surface area (Å²) in [6.45, 7) is 0. The molecule has 1 unspecified atom stereocenters. The molecule has 1 aliphatic rings. The van der Waals surface area contributed by atoms with Gasteiger partial charge in [-0.25, -0.2) is 0 Å². The van der Waals surface area contributed by atoms with Crippen molar-refractivity contribution in [1.29, 1.82) is 0 Å². The molecule has 0 aliphatic carbocycles. The molecule has 1 fully saturated rings. The highest BCUT2D eigenvalue weighted by atomic mass is 32.1. The summed E-state index contributed by atoms with van der Waals surface area (Å²) >= 11 is 3.75. The van der Waals surface area contributed by atoms with Crippen molar-refractivity contribution in [3.05, 3.63) is 0 Å². The van der Waals surface area contributed by atoms with Crippen LogP contribution in [0.1, 0.15) is 6.42 Å². The highest BCUT2D eigenvalue weighted by Gasteiger charge is 2.29. The summed E-state index contributed by atoms with van der Waals surface area (Å²) in [5, 5.41) is -0.525. The number of hydrogen-bond donors (Lipinski definition) is 1. The molecule has 1 heterocycles. The molecule has 1 aliphatic heterocycles. The van der Waals surface area contributed by atoms with Crippen LogP contribution in [0, 0.1) is 0 Å². The van der Waals surface area contributed by atoms with Crippen LogP contribution in [0.5, 0.6) is 0 Å². The first-order valence-corrected chi connectivity index (χ1v) is 2.64. The Hall–Kier alpha value is -0.510. The molecule has 0 bridgehead atoms. The molecule has 1 saturated heterocycles. The van der Waals surface area contributed by atoms with Crippen LogP contribution < -0.4 is 0 Å². The number of rotatable bonds is 0. The van der Waals surface area contributed by atoms with Crippen molar-refractivity contribution in [2.75, 3.05) is 0 Å². The van der Waals surface area contributed by atoms with Gasteiger partial charge >= 0.3 is 11.9 Å². The number of cyclic esters (lactones) is 2. The summed E-state index contributed by atoms with van der Waals surface area (Å²) in [6, 6.07) is 0. The number of esters is 2. The lowest BCUT2D eigenvalue weighted by molar-refractivity contribution is -0.151. The topological polar surface area (TPSA) is 43.4 Å². The molecule has 0 aromatic heterocycles. The largest absolute Gasteiger partial charge is 0.392 e. The van der Waals surface area contributed by atoms with E-state index >= 15 is 0 Å². The fourth-order valence-electron chi connectivity index (χ4n) is 0.463. The van der Waals surface area contributed by atoms with Crippen molar-refractivity contribution in [2.45, 2.75) is 11.7 Å². The molecule has 0 amide bonds. The maximum absolute atomic E-state index is 10.3. The molecule has 1 rings (SSSR count). The highest BCUT2D eigenvalue weighted by Crippen LogP contribution is 2.12. The Morgan fingerprint density at radius 1 is 1.62 bits per heavy atom. The molecule has 0 aromatic carbocycles. The molecule has 0 saturated carbocycles. The first-order valence-electron chi connectivity index (χ1n) is 2.13. The molecule has 44 valence electrons. The minimum atomic E-state index is -0.529. The van der Waals surface area contributed by atoms with Gasteiger partial charge in [0.15, 0.2) is 0 Å². The molecule has 1 atom stereocenters. The maximum atomic E-state index is 10.3. The Morgan fingerprint density at radius 2 is 2.25 bits per heavy atom. The van der Waals surface area contributed by atoms with Gasteiger partial charge in [0.05, 0.1) is 6.42 Å². The summed E-state index contributed by atoms with van der Waals surface area (Å²) in [5.74, 6) is -1.01. The summed E-state index contributed by atoms with van der Waals surface area (Å²) < 4.78 is 4.12. The summed E-state index contributed by atoms with van der Waals surface area (Å²) in [7, 11) is 0. The van der Waals surface area contributed by atoms with E-state index in [1.807, 2.05) is 0 Å². The molecular formula is C4H4O3S. The van der Waals surface area contributed by atoms with Gasteiger partial charge in [-0.2, -0.15) is 12.6 Å². The maximum Gasteiger partial charge on any atom is 0.327 e. The predicted molar refractivity (Wildman–Crippen MR) is 28.5 cm³/mol. The Balaban J connectivity index is 2.64. The van der Waals surface area contributed by atoms with Crippen LogP contribution in [0.3, 0.4) is 0 Å². The van der Waals surface area contributed by atoms with Crippen LogP contribution >= 0.6 is 12.6 Å². The minimum Gasteiger partial charge on any atom is -0.392 e. The van der Waals surface area contributed by atoms with E-state index in [-0.39, 0.29) is 6.42 Å². The van der Waals surface area contributed by atoms with Crippen molar-refractivity contribution in [3.8, 4) is 0 Å². The van der Waals surface area contributed by atoms with Gasteiger partial charge < -0.3 is 4.74 Å². The number of carbonyl (C=O) groups excluding carboxylic acids is 2. The second-order valence-electron chi connectivity index (χ2n) is 1.51. The van der Waals surface area contributed by atoms with Gasteiger partial charge in [-0.05, 0) is 0 Å². The third-order valence-corrected chi connectivity index (χ3v) is 1.24. The molecule has 0 radical (unpaired) electrons. The van der Waals surface area contributed by atoms with Gasteiger partial charge in [0.25, 0.3) is 0 Å². The molecule has 8 heavy (non-hydrogen) atoms. The third kappa shape index (κ3) is 0.838. The predicted octanol–water partition coefficient (Wildman–Crippen LogP) is -0.242. The third-order valence-electron chi connectivity index (χ3n) is 0.847. The SMILES string of the molecule is O=C1CC(S)C(=O)O1. The van der Waals surface area contributed by atoms with E-state index in [0.717, 1.165) is 0 Å². The summed E-state index contributed by atoms with van der Waals surface area (Å²) in [4.78, 5) is 20.4. The first-order chi connectivity index (χ1) is 3.70. The lowest BCUT2D eigenvalue weighted by atomic mass is 10.4. The van der Waals surface area contributed by atoms with Crippen molar-refractivity contribution >= 4 is 24.6 Å². The summed E-state index contributed by atoms with van der Waals surface area (Å²) in [5.41, 5.74) is 0. The monoisotopic (exact) mass is 132 g/mol. The van der Waals surface area contributed by atoms with Gasteiger partial charge in [-0.3, -0.25) is 9.59 Å². The zero-order valence-electron chi connectivity index (χ0n) is 3.96. The van der Waals surface area contributed by atoms with Crippen molar-refractivity contribution in [3.63, 3.8) is 0 Å². The van der Waals surface area contributed by atoms with E-state index in [0.29, 0.717) is 0 Å². The van der Waals surface area contributed by atoms with Gasteiger partial charge in [0.2, 0.25) is 0 Å². The van der Waals surface area contributed by atoms with Crippen molar-refractivity contribution in [1.82, 2.24) is 0 Å². The molecule has 0 N–H and O–H groups in total. The van der Waals surface area contributed by atoms with E-state index in [9.17, 15) is 9.59 Å². The van der Waals surface area contributed by atoms with E-state index in [2.05, 4.69) is 17.4 Å². The average Bonchev–Trinajstić information content (AvgIpc) is 1.85. The number of ether oxygens (including phenoxy) is 1. The van der Waals surface area contributed by atoms with Gasteiger partial charge in [-0.15, -0.1) is 0 Å². The smallest absolute Gasteiger partial charge is 0.327 e. The normalized spacial score (nSPS) is 28.4. The Bertz CT molecular complexity index is 142. The van der Waals surface area contributed by atoms with Crippen LogP contribution in [0.4, 0.5) is 0 Å². The van der Waals surface area contributed by atoms with E-state index in [1.165, 1.54) is 0 Å². The lowest BCUT2D eigenvalue weighted by Gasteiger charge is -1.85. The standard InChI is InChI=1S/C4H4O3S/c5-3-1-2(8)4(6)7-3/h2,8H,1H2. The van der Waals surface area contributed by atoms with Gasteiger partial charge in [0.1, 0.15) is 5.25 Å². The zero-order valence-corrected chi connectivity index (χ0v) is 4.85. The van der Waals surface area contributed by atoms with Crippen LogP contribution in [-0.2, 0) is 14.3 Å². The average molecular weight is 132 g/mol. The van der Waals surface area contributed by atoms with E-state index in [4.69, 9.17) is 0 Å². The molecule has 4 heteroatoms. The van der Waals surface area contributed by atoms with E-state index in [1.54, 1.807) is 0 Å². The first kappa shape index (κ1) is 5.62. The van der Waals surface area contributed by atoms with Crippen molar-refractivity contribution in [2.24, 2.45) is 0 Å². The van der Waals surface area contributed by atoms with Gasteiger partial charge in [0, 0.05) is 0 Å². The number of hydrogen-bond acceptors (Lipinski definition) is 4. The van der Waals surface area contributed by atoms with Crippen LogP contribution in [0.2, 0.25) is 0 Å². The Morgan fingerprint density at radius 3 is 2.38 bits per heavy atom. The Labute approximate surface area is 51.4 Å². The second-order valence-corrected chi connectivity index (χ2v) is 2.14. The van der Waals surface area contributed by atoms with Crippen LogP contribution in [0.15, 0.2) is 0 Å². The van der Waals surface area contributed by atoms with Crippen molar-refractivity contribution < 1.29 is 14.3 Å². The van der Waals surface area contributed by atoms with Gasteiger partial charge in [-0.1, -0.05) is 0 Å². The zero-order chi connectivity index (χ0) is 6.15.